The van der Waals surface area contributed by atoms with Gasteiger partial charge in [0.15, 0.2) is 0 Å². The highest BCUT2D eigenvalue weighted by Gasteiger charge is 2.44. The maximum atomic E-state index is 12.9. The second kappa shape index (κ2) is 5.98. The van der Waals surface area contributed by atoms with Crippen LogP contribution in [0.4, 0.5) is 4.39 Å². The molecule has 4 heteroatoms. The largest absolute Gasteiger partial charge is 0.336 e. The first-order valence-corrected chi connectivity index (χ1v) is 7.64. The van der Waals surface area contributed by atoms with Crippen LogP contribution in [-0.4, -0.2) is 36.5 Å². The Balaban J connectivity index is 1.69. The third-order valence-corrected chi connectivity index (χ3v) is 4.71. The highest BCUT2D eigenvalue weighted by atomic mass is 19.1. The first kappa shape index (κ1) is 14.3. The summed E-state index contributed by atoms with van der Waals surface area (Å²) in [6.45, 7) is 5.04. The molecule has 2 aliphatic heterocycles. The predicted molar refractivity (Wildman–Crippen MR) is 81.1 cm³/mol. The number of likely N-dealkylation sites (tertiary alicyclic amines) is 1. The number of carbonyl (C=O) groups is 1. The lowest BCUT2D eigenvalue weighted by Gasteiger charge is -2.25. The van der Waals surface area contributed by atoms with Crippen molar-refractivity contribution in [3.63, 3.8) is 0 Å². The summed E-state index contributed by atoms with van der Waals surface area (Å²) in [4.78, 5) is 14.4. The van der Waals surface area contributed by atoms with Crippen molar-refractivity contribution in [2.75, 3.05) is 19.6 Å². The van der Waals surface area contributed by atoms with E-state index in [0.29, 0.717) is 17.9 Å². The second-order valence-corrected chi connectivity index (χ2v) is 5.93. The fraction of sp³-hybridized carbons (Fsp3) is 0.471. The van der Waals surface area contributed by atoms with Crippen molar-refractivity contribution in [3.8, 4) is 0 Å². The molecule has 2 heterocycles. The fourth-order valence-corrected chi connectivity index (χ4v) is 3.64. The van der Waals surface area contributed by atoms with Crippen LogP contribution in [0.3, 0.4) is 0 Å². The Kier molecular flexibility index (Phi) is 4.06. The van der Waals surface area contributed by atoms with Gasteiger partial charge in [0.2, 0.25) is 5.91 Å². The number of rotatable bonds is 3. The van der Waals surface area contributed by atoms with Crippen molar-refractivity contribution in [1.82, 2.24) is 10.2 Å². The first-order chi connectivity index (χ1) is 10.2. The Hall–Kier alpha value is -1.68. The van der Waals surface area contributed by atoms with Crippen molar-refractivity contribution in [3.05, 3.63) is 41.7 Å². The first-order valence-electron chi connectivity index (χ1n) is 7.64. The molecule has 0 aliphatic carbocycles. The van der Waals surface area contributed by atoms with Crippen molar-refractivity contribution in [2.24, 2.45) is 11.8 Å². The van der Waals surface area contributed by atoms with Crippen LogP contribution in [0.2, 0.25) is 0 Å². The number of hydrogen-bond acceptors (Lipinski definition) is 2. The zero-order valence-corrected chi connectivity index (χ0v) is 12.3. The van der Waals surface area contributed by atoms with Gasteiger partial charge in [-0.2, -0.15) is 0 Å². The van der Waals surface area contributed by atoms with E-state index in [-0.39, 0.29) is 11.7 Å². The molecule has 3 nitrogen and oxygen atoms in total. The predicted octanol–water partition coefficient (Wildman–Crippen LogP) is 2.30. The van der Waals surface area contributed by atoms with E-state index in [1.807, 2.05) is 4.90 Å². The van der Waals surface area contributed by atoms with Gasteiger partial charge in [0.25, 0.3) is 0 Å². The SMILES string of the molecule is CCC1C2CNCC2CN1C(=O)C=Cc1ccc(F)cc1. The number of amides is 1. The third-order valence-electron chi connectivity index (χ3n) is 4.71. The Labute approximate surface area is 124 Å². The fourth-order valence-electron chi connectivity index (χ4n) is 3.64. The molecule has 1 N–H and O–H groups in total. The summed E-state index contributed by atoms with van der Waals surface area (Å²) >= 11 is 0. The number of fused-ring (bicyclic) bond motifs is 1. The summed E-state index contributed by atoms with van der Waals surface area (Å²) in [5.41, 5.74) is 0.846. The lowest BCUT2D eigenvalue weighted by atomic mass is 9.93. The molecule has 3 atom stereocenters. The van der Waals surface area contributed by atoms with E-state index >= 15 is 0 Å². The van der Waals surface area contributed by atoms with Crippen LogP contribution < -0.4 is 5.32 Å². The molecule has 21 heavy (non-hydrogen) atoms. The monoisotopic (exact) mass is 288 g/mol. The maximum Gasteiger partial charge on any atom is 0.246 e. The van der Waals surface area contributed by atoms with E-state index in [1.54, 1.807) is 24.3 Å². The summed E-state index contributed by atoms with van der Waals surface area (Å²) in [5, 5.41) is 3.42. The number of hydrogen-bond donors (Lipinski definition) is 1. The van der Waals surface area contributed by atoms with Crippen molar-refractivity contribution < 1.29 is 9.18 Å². The molecule has 3 rings (SSSR count). The molecule has 0 bridgehead atoms. The lowest BCUT2D eigenvalue weighted by molar-refractivity contribution is -0.127. The highest BCUT2D eigenvalue weighted by Crippen LogP contribution is 2.34. The number of nitrogens with one attached hydrogen (secondary N) is 1. The summed E-state index contributed by atoms with van der Waals surface area (Å²) in [6.07, 6.45) is 4.38. The molecule has 0 radical (unpaired) electrons. The Morgan fingerprint density at radius 3 is 2.86 bits per heavy atom. The second-order valence-electron chi connectivity index (χ2n) is 5.93. The topological polar surface area (TPSA) is 32.3 Å². The van der Waals surface area contributed by atoms with Gasteiger partial charge >= 0.3 is 0 Å². The Bertz CT molecular complexity index is 540. The smallest absolute Gasteiger partial charge is 0.246 e. The molecule has 1 aromatic rings. The molecule has 2 saturated heterocycles. The van der Waals surface area contributed by atoms with Crippen LogP contribution >= 0.6 is 0 Å². The molecule has 2 fully saturated rings. The van der Waals surface area contributed by atoms with E-state index in [1.165, 1.54) is 12.1 Å². The van der Waals surface area contributed by atoms with Crippen LogP contribution in [0.15, 0.2) is 30.3 Å². The van der Waals surface area contributed by atoms with Gasteiger partial charge in [-0.1, -0.05) is 19.1 Å². The number of nitrogens with zero attached hydrogens (tertiary/aromatic N) is 1. The Morgan fingerprint density at radius 2 is 2.14 bits per heavy atom. The molecular formula is C17H21FN2O. The summed E-state index contributed by atoms with van der Waals surface area (Å²) in [6, 6.07) is 6.52. The maximum absolute atomic E-state index is 12.9. The van der Waals surface area contributed by atoms with Gasteiger partial charge in [0, 0.05) is 31.8 Å². The number of halogens is 1. The van der Waals surface area contributed by atoms with Gasteiger partial charge in [-0.25, -0.2) is 4.39 Å². The zero-order valence-electron chi connectivity index (χ0n) is 12.3. The third kappa shape index (κ3) is 2.86. The Morgan fingerprint density at radius 1 is 1.38 bits per heavy atom. The zero-order chi connectivity index (χ0) is 14.8. The van der Waals surface area contributed by atoms with E-state index in [4.69, 9.17) is 0 Å². The molecule has 0 aromatic heterocycles. The summed E-state index contributed by atoms with van der Waals surface area (Å²) < 4.78 is 12.9. The van der Waals surface area contributed by atoms with Gasteiger partial charge in [-0.3, -0.25) is 4.79 Å². The van der Waals surface area contributed by atoms with Crippen LogP contribution in [-0.2, 0) is 4.79 Å². The lowest BCUT2D eigenvalue weighted by Crippen LogP contribution is -2.38. The van der Waals surface area contributed by atoms with Crippen LogP contribution in [0.1, 0.15) is 18.9 Å². The van der Waals surface area contributed by atoms with Crippen molar-refractivity contribution >= 4 is 12.0 Å². The minimum atomic E-state index is -0.260. The molecule has 0 spiro atoms. The van der Waals surface area contributed by atoms with Crippen molar-refractivity contribution in [2.45, 2.75) is 19.4 Å². The number of benzene rings is 1. The molecular weight excluding hydrogens is 267 g/mol. The van der Waals surface area contributed by atoms with E-state index in [0.717, 1.165) is 31.6 Å². The molecule has 112 valence electrons. The molecule has 3 unspecified atom stereocenters. The molecule has 1 aromatic carbocycles. The minimum absolute atomic E-state index is 0.0700. The average Bonchev–Trinajstić information content (AvgIpc) is 3.06. The molecule has 2 aliphatic rings. The van der Waals surface area contributed by atoms with Gasteiger partial charge in [0.1, 0.15) is 5.82 Å². The van der Waals surface area contributed by atoms with E-state index < -0.39 is 0 Å². The summed E-state index contributed by atoms with van der Waals surface area (Å²) in [7, 11) is 0. The van der Waals surface area contributed by atoms with Gasteiger partial charge in [0.05, 0.1) is 0 Å². The van der Waals surface area contributed by atoms with Crippen LogP contribution in [0, 0.1) is 17.7 Å². The number of carbonyl (C=O) groups excluding carboxylic acids is 1. The average molecular weight is 288 g/mol. The van der Waals surface area contributed by atoms with Crippen LogP contribution in [0.5, 0.6) is 0 Å². The normalized spacial score (nSPS) is 28.3. The standard InChI is InChI=1S/C17H21FN2O/c1-2-16-15-10-19-9-13(15)11-20(16)17(21)8-5-12-3-6-14(18)7-4-12/h3-8,13,15-16,19H,2,9-11H2,1H3. The van der Waals surface area contributed by atoms with E-state index in [2.05, 4.69) is 12.2 Å². The van der Waals surface area contributed by atoms with E-state index in [9.17, 15) is 9.18 Å². The van der Waals surface area contributed by atoms with Gasteiger partial charge in [-0.15, -0.1) is 0 Å². The van der Waals surface area contributed by atoms with Gasteiger partial charge in [-0.05, 0) is 42.0 Å². The van der Waals surface area contributed by atoms with Crippen molar-refractivity contribution in [1.29, 1.82) is 0 Å². The van der Waals surface area contributed by atoms with Crippen LogP contribution in [0.25, 0.3) is 6.08 Å². The minimum Gasteiger partial charge on any atom is -0.336 e. The molecule has 0 saturated carbocycles. The summed E-state index contributed by atoms with van der Waals surface area (Å²) in [5.74, 6) is 1.00. The van der Waals surface area contributed by atoms with Gasteiger partial charge < -0.3 is 10.2 Å². The highest BCUT2D eigenvalue weighted by molar-refractivity contribution is 5.92. The molecule has 1 amide bonds. The quantitative estimate of drug-likeness (QED) is 0.866.